The van der Waals surface area contributed by atoms with Gasteiger partial charge < -0.3 is 0 Å². The van der Waals surface area contributed by atoms with E-state index in [9.17, 15) is 4.79 Å². The molecule has 0 aliphatic heterocycles. The van der Waals surface area contributed by atoms with Crippen LogP contribution in [0.25, 0.3) is 0 Å². The van der Waals surface area contributed by atoms with E-state index < -0.39 is 0 Å². The van der Waals surface area contributed by atoms with Gasteiger partial charge in [-0.3, -0.25) is 4.79 Å². The molecule has 0 aliphatic carbocycles. The lowest BCUT2D eigenvalue weighted by Gasteiger charge is -2.01. The fourth-order valence-corrected chi connectivity index (χ4v) is 1.69. The number of ketones is 1. The first kappa shape index (κ1) is 10.1. The van der Waals surface area contributed by atoms with Crippen LogP contribution in [0.4, 0.5) is 0 Å². The summed E-state index contributed by atoms with van der Waals surface area (Å²) in [6.45, 7) is 1.85. The van der Waals surface area contributed by atoms with Crippen molar-refractivity contribution in [2.45, 2.75) is 11.8 Å². The van der Waals surface area contributed by atoms with Crippen LogP contribution in [0.15, 0.2) is 41.3 Å². The van der Waals surface area contributed by atoms with Crippen LogP contribution < -0.4 is 0 Å². The minimum absolute atomic E-state index is 0.0763. The fraction of sp³-hybridized carbons (Fsp3) is 0.182. The second kappa shape index (κ2) is 4.87. The maximum absolute atomic E-state index is 11.5. The van der Waals surface area contributed by atoms with Crippen LogP contribution in [-0.2, 0) is 0 Å². The summed E-state index contributed by atoms with van der Waals surface area (Å²) in [5, 5.41) is 0. The van der Waals surface area contributed by atoms with Gasteiger partial charge in [0.15, 0.2) is 5.78 Å². The van der Waals surface area contributed by atoms with E-state index in [0.717, 1.165) is 10.5 Å². The van der Waals surface area contributed by atoms with Crippen molar-refractivity contribution in [3.8, 4) is 0 Å². The van der Waals surface area contributed by atoms with Gasteiger partial charge in [-0.2, -0.15) is 0 Å². The van der Waals surface area contributed by atoms with Gasteiger partial charge >= 0.3 is 0 Å². The van der Waals surface area contributed by atoms with Crippen molar-refractivity contribution in [3.63, 3.8) is 0 Å². The summed E-state index contributed by atoms with van der Waals surface area (Å²) in [4.78, 5) is 12.6. The minimum atomic E-state index is 0.0763. The molecule has 0 atom stereocenters. The first-order chi connectivity index (χ1) is 6.29. The Bertz CT molecular complexity index is 329. The van der Waals surface area contributed by atoms with E-state index >= 15 is 0 Å². The topological polar surface area (TPSA) is 17.1 Å². The number of carbonyl (C=O) groups is 1. The third-order valence-electron chi connectivity index (χ3n) is 1.69. The van der Waals surface area contributed by atoms with E-state index in [2.05, 4.69) is 0 Å². The average molecular weight is 192 g/mol. The zero-order valence-electron chi connectivity index (χ0n) is 7.78. The SMILES string of the molecule is CC=CC(=O)c1ccccc1SC. The van der Waals surface area contributed by atoms with E-state index in [1.165, 1.54) is 0 Å². The van der Waals surface area contributed by atoms with Gasteiger partial charge in [0.25, 0.3) is 0 Å². The number of hydrogen-bond donors (Lipinski definition) is 0. The largest absolute Gasteiger partial charge is 0.289 e. The molecule has 1 nitrogen and oxygen atoms in total. The third kappa shape index (κ3) is 2.46. The summed E-state index contributed by atoms with van der Waals surface area (Å²) in [5.41, 5.74) is 0.785. The van der Waals surface area contributed by atoms with Crippen LogP contribution in [0.1, 0.15) is 17.3 Å². The van der Waals surface area contributed by atoms with Gasteiger partial charge in [0, 0.05) is 10.5 Å². The van der Waals surface area contributed by atoms with Crippen molar-refractivity contribution in [3.05, 3.63) is 42.0 Å². The second-order valence-electron chi connectivity index (χ2n) is 2.56. The minimum Gasteiger partial charge on any atom is -0.289 e. The standard InChI is InChI=1S/C11H12OS/c1-3-6-10(12)9-7-4-5-8-11(9)13-2/h3-8H,1-2H3. The van der Waals surface area contributed by atoms with Gasteiger partial charge in [0.05, 0.1) is 0 Å². The van der Waals surface area contributed by atoms with Crippen molar-refractivity contribution in [1.82, 2.24) is 0 Å². The molecule has 2 heteroatoms. The maximum Gasteiger partial charge on any atom is 0.186 e. The van der Waals surface area contributed by atoms with Gasteiger partial charge in [0.1, 0.15) is 0 Å². The van der Waals surface area contributed by atoms with Crippen LogP contribution in [0.5, 0.6) is 0 Å². The Morgan fingerprint density at radius 2 is 2.08 bits per heavy atom. The van der Waals surface area contributed by atoms with Crippen molar-refractivity contribution in [2.75, 3.05) is 6.26 Å². The maximum atomic E-state index is 11.5. The molecule has 13 heavy (non-hydrogen) atoms. The Balaban J connectivity index is 3.05. The molecule has 1 rings (SSSR count). The number of thioether (sulfide) groups is 1. The predicted octanol–water partition coefficient (Wildman–Crippen LogP) is 3.17. The molecule has 0 bridgehead atoms. The Morgan fingerprint density at radius 1 is 1.38 bits per heavy atom. The number of rotatable bonds is 3. The Morgan fingerprint density at radius 3 is 2.69 bits per heavy atom. The summed E-state index contributed by atoms with van der Waals surface area (Å²) < 4.78 is 0. The average Bonchev–Trinajstić information content (AvgIpc) is 2.18. The van der Waals surface area contributed by atoms with E-state index in [0.29, 0.717) is 0 Å². The molecule has 0 heterocycles. The molecule has 0 fully saturated rings. The molecular weight excluding hydrogens is 180 g/mol. The Labute approximate surface area is 82.9 Å². The predicted molar refractivity (Wildman–Crippen MR) is 57.4 cm³/mol. The lowest BCUT2D eigenvalue weighted by Crippen LogP contribution is -1.95. The van der Waals surface area contributed by atoms with Gasteiger partial charge in [-0.15, -0.1) is 11.8 Å². The van der Waals surface area contributed by atoms with Crippen molar-refractivity contribution < 1.29 is 4.79 Å². The molecule has 1 aromatic carbocycles. The van der Waals surface area contributed by atoms with Gasteiger partial charge in [0.2, 0.25) is 0 Å². The summed E-state index contributed by atoms with van der Waals surface area (Å²) in [5.74, 6) is 0.0763. The molecule has 0 N–H and O–H groups in total. The number of carbonyl (C=O) groups excluding carboxylic acids is 1. The lowest BCUT2D eigenvalue weighted by molar-refractivity contribution is 0.104. The highest BCUT2D eigenvalue weighted by atomic mass is 32.2. The molecule has 0 aromatic heterocycles. The highest BCUT2D eigenvalue weighted by molar-refractivity contribution is 7.98. The van der Waals surface area contributed by atoms with Crippen molar-refractivity contribution in [2.24, 2.45) is 0 Å². The molecular formula is C11H12OS. The Hall–Kier alpha value is -1.02. The van der Waals surface area contributed by atoms with Crippen LogP contribution in [0, 0.1) is 0 Å². The van der Waals surface area contributed by atoms with Crippen LogP contribution >= 0.6 is 11.8 Å². The molecule has 0 unspecified atom stereocenters. The molecule has 0 saturated carbocycles. The molecule has 0 amide bonds. The van der Waals surface area contributed by atoms with Crippen molar-refractivity contribution >= 4 is 17.5 Å². The Kier molecular flexibility index (Phi) is 3.77. The monoisotopic (exact) mass is 192 g/mol. The number of allylic oxidation sites excluding steroid dienone is 2. The normalized spacial score (nSPS) is 10.6. The summed E-state index contributed by atoms with van der Waals surface area (Å²) in [7, 11) is 0. The zero-order valence-corrected chi connectivity index (χ0v) is 8.60. The van der Waals surface area contributed by atoms with E-state index in [4.69, 9.17) is 0 Å². The lowest BCUT2D eigenvalue weighted by atomic mass is 10.1. The number of benzene rings is 1. The fourth-order valence-electron chi connectivity index (χ4n) is 1.09. The first-order valence-corrected chi connectivity index (χ1v) is 5.32. The molecule has 1 aromatic rings. The van der Waals surface area contributed by atoms with Gasteiger partial charge in [-0.25, -0.2) is 0 Å². The summed E-state index contributed by atoms with van der Waals surface area (Å²) >= 11 is 1.59. The molecule has 0 saturated heterocycles. The van der Waals surface area contributed by atoms with Gasteiger partial charge in [-0.1, -0.05) is 18.2 Å². The highest BCUT2D eigenvalue weighted by Crippen LogP contribution is 2.20. The molecule has 0 spiro atoms. The number of hydrogen-bond acceptors (Lipinski definition) is 2. The van der Waals surface area contributed by atoms with E-state index in [-0.39, 0.29) is 5.78 Å². The van der Waals surface area contributed by atoms with E-state index in [1.54, 1.807) is 23.9 Å². The first-order valence-electron chi connectivity index (χ1n) is 4.09. The quantitative estimate of drug-likeness (QED) is 0.415. The second-order valence-corrected chi connectivity index (χ2v) is 3.41. The van der Waals surface area contributed by atoms with Crippen LogP contribution in [-0.4, -0.2) is 12.0 Å². The van der Waals surface area contributed by atoms with Crippen LogP contribution in [0.2, 0.25) is 0 Å². The van der Waals surface area contributed by atoms with E-state index in [1.807, 2.05) is 37.4 Å². The van der Waals surface area contributed by atoms with Gasteiger partial charge in [-0.05, 0) is 31.4 Å². The zero-order chi connectivity index (χ0) is 9.68. The summed E-state index contributed by atoms with van der Waals surface area (Å²) in [6.07, 6.45) is 5.33. The van der Waals surface area contributed by atoms with Crippen molar-refractivity contribution in [1.29, 1.82) is 0 Å². The van der Waals surface area contributed by atoms with Crippen LogP contribution in [0.3, 0.4) is 0 Å². The molecule has 0 aliphatic rings. The molecule has 0 radical (unpaired) electrons. The smallest absolute Gasteiger partial charge is 0.186 e. The third-order valence-corrected chi connectivity index (χ3v) is 2.49. The molecule has 68 valence electrons. The summed E-state index contributed by atoms with van der Waals surface area (Å²) in [6, 6.07) is 7.64. The highest BCUT2D eigenvalue weighted by Gasteiger charge is 2.05.